The number of aromatic nitrogens is 2. The molecule has 0 aliphatic rings. The minimum atomic E-state index is -0.452. The molecule has 0 atom stereocenters. The molecule has 2 aromatic rings. The summed E-state index contributed by atoms with van der Waals surface area (Å²) in [5.41, 5.74) is 1.43. The van der Waals surface area contributed by atoms with Gasteiger partial charge in [-0.15, -0.1) is 0 Å². The van der Waals surface area contributed by atoms with E-state index in [1.54, 1.807) is 17.1 Å². The van der Waals surface area contributed by atoms with Crippen LogP contribution in [-0.4, -0.2) is 9.55 Å². The Morgan fingerprint density at radius 2 is 1.87 bits per heavy atom. The first kappa shape index (κ1) is 10.5. The Morgan fingerprint density at radius 3 is 2.33 bits per heavy atom. The van der Waals surface area contributed by atoms with E-state index in [9.17, 15) is 4.39 Å². The maximum absolute atomic E-state index is 13.0. The molecule has 0 aliphatic heterocycles. The number of aryl methyl sites for hydroxylation is 1. The minimum Gasteiger partial charge on any atom is -0.301 e. The van der Waals surface area contributed by atoms with Crippen molar-refractivity contribution < 1.29 is 4.39 Å². The second-order valence-electron chi connectivity index (χ2n) is 3.12. The van der Waals surface area contributed by atoms with Crippen LogP contribution in [0.2, 0.25) is 10.0 Å². The number of hydrogen-bond acceptors (Lipinski definition) is 1. The average molecular weight is 245 g/mol. The van der Waals surface area contributed by atoms with Crippen molar-refractivity contribution in [3.05, 3.63) is 46.2 Å². The van der Waals surface area contributed by atoms with Crippen LogP contribution in [0.1, 0.15) is 5.69 Å². The van der Waals surface area contributed by atoms with Crippen molar-refractivity contribution in [3.63, 3.8) is 0 Å². The second kappa shape index (κ2) is 3.83. The van der Waals surface area contributed by atoms with Crippen LogP contribution in [0.5, 0.6) is 0 Å². The number of halogens is 3. The molecule has 78 valence electrons. The number of nitrogens with zero attached hydrogens (tertiary/aromatic N) is 2. The Kier molecular flexibility index (Phi) is 2.67. The first-order valence-electron chi connectivity index (χ1n) is 4.23. The SMILES string of the molecule is Cc1cncn1-c1c(Cl)cc(F)cc1Cl. The third-order valence-corrected chi connectivity index (χ3v) is 2.62. The lowest BCUT2D eigenvalue weighted by atomic mass is 10.3. The predicted octanol–water partition coefficient (Wildman–Crippen LogP) is 3.63. The molecule has 5 heteroatoms. The third kappa shape index (κ3) is 1.85. The van der Waals surface area contributed by atoms with Gasteiger partial charge in [-0.25, -0.2) is 9.37 Å². The molecule has 1 aromatic heterocycles. The van der Waals surface area contributed by atoms with Gasteiger partial charge in [0.1, 0.15) is 5.82 Å². The molecule has 0 saturated heterocycles. The van der Waals surface area contributed by atoms with E-state index in [0.717, 1.165) is 5.69 Å². The summed E-state index contributed by atoms with van der Waals surface area (Å²) in [5.74, 6) is -0.452. The lowest BCUT2D eigenvalue weighted by molar-refractivity contribution is 0.627. The van der Waals surface area contributed by atoms with Gasteiger partial charge in [0.2, 0.25) is 0 Å². The minimum absolute atomic E-state index is 0.265. The number of imidazole rings is 1. The van der Waals surface area contributed by atoms with Crippen LogP contribution in [-0.2, 0) is 0 Å². The molecule has 0 amide bonds. The summed E-state index contributed by atoms with van der Waals surface area (Å²) in [7, 11) is 0. The van der Waals surface area contributed by atoms with Crippen LogP contribution in [0.3, 0.4) is 0 Å². The molecule has 0 N–H and O–H groups in total. The van der Waals surface area contributed by atoms with Crippen molar-refractivity contribution in [1.82, 2.24) is 9.55 Å². The van der Waals surface area contributed by atoms with Crippen molar-refractivity contribution in [1.29, 1.82) is 0 Å². The Bertz CT molecular complexity index is 485. The van der Waals surface area contributed by atoms with Crippen LogP contribution in [0.4, 0.5) is 4.39 Å². The first-order chi connectivity index (χ1) is 7.09. The highest BCUT2D eigenvalue weighted by molar-refractivity contribution is 6.37. The summed E-state index contributed by atoms with van der Waals surface area (Å²) >= 11 is 11.9. The predicted molar refractivity (Wildman–Crippen MR) is 58.3 cm³/mol. The van der Waals surface area contributed by atoms with Crippen molar-refractivity contribution in [3.8, 4) is 5.69 Å². The first-order valence-corrected chi connectivity index (χ1v) is 4.99. The van der Waals surface area contributed by atoms with E-state index in [1.165, 1.54) is 12.1 Å². The van der Waals surface area contributed by atoms with Gasteiger partial charge < -0.3 is 4.57 Å². The smallest absolute Gasteiger partial charge is 0.126 e. The molecule has 2 rings (SSSR count). The molecule has 0 unspecified atom stereocenters. The van der Waals surface area contributed by atoms with Gasteiger partial charge in [0.05, 0.1) is 22.1 Å². The average Bonchev–Trinajstić information content (AvgIpc) is 2.50. The number of benzene rings is 1. The third-order valence-electron chi connectivity index (χ3n) is 2.05. The molecular weight excluding hydrogens is 238 g/mol. The topological polar surface area (TPSA) is 17.8 Å². The maximum atomic E-state index is 13.0. The number of hydrogen-bond donors (Lipinski definition) is 0. The monoisotopic (exact) mass is 244 g/mol. The Labute approximate surface area is 96.3 Å². The highest BCUT2D eigenvalue weighted by atomic mass is 35.5. The second-order valence-corrected chi connectivity index (χ2v) is 3.94. The van der Waals surface area contributed by atoms with E-state index in [1.807, 2.05) is 6.92 Å². The zero-order chi connectivity index (χ0) is 11.0. The molecule has 2 nitrogen and oxygen atoms in total. The van der Waals surface area contributed by atoms with E-state index < -0.39 is 5.82 Å². The number of rotatable bonds is 1. The van der Waals surface area contributed by atoms with Crippen molar-refractivity contribution >= 4 is 23.2 Å². The van der Waals surface area contributed by atoms with Gasteiger partial charge in [0, 0.05) is 11.9 Å². The standard InChI is InChI=1S/C10H7Cl2FN2/c1-6-4-14-5-15(6)10-8(11)2-7(13)3-9(10)12/h2-5H,1H3. The van der Waals surface area contributed by atoms with Gasteiger partial charge in [-0.3, -0.25) is 0 Å². The largest absolute Gasteiger partial charge is 0.301 e. The van der Waals surface area contributed by atoms with Crippen molar-refractivity contribution in [2.24, 2.45) is 0 Å². The zero-order valence-electron chi connectivity index (χ0n) is 7.84. The fourth-order valence-electron chi connectivity index (χ4n) is 1.36. The molecule has 0 radical (unpaired) electrons. The Hall–Kier alpha value is -1.06. The van der Waals surface area contributed by atoms with Gasteiger partial charge in [-0.2, -0.15) is 0 Å². The molecular formula is C10H7Cl2FN2. The van der Waals surface area contributed by atoms with Crippen LogP contribution in [0.25, 0.3) is 5.69 Å². The quantitative estimate of drug-likeness (QED) is 0.750. The summed E-state index contributed by atoms with van der Waals surface area (Å²) < 4.78 is 14.7. The summed E-state index contributed by atoms with van der Waals surface area (Å²) in [5, 5.41) is 0.530. The van der Waals surface area contributed by atoms with Gasteiger partial charge in [0.25, 0.3) is 0 Å². The maximum Gasteiger partial charge on any atom is 0.126 e. The van der Waals surface area contributed by atoms with Crippen LogP contribution < -0.4 is 0 Å². The van der Waals surface area contributed by atoms with E-state index in [2.05, 4.69) is 4.98 Å². The van der Waals surface area contributed by atoms with Gasteiger partial charge in [-0.1, -0.05) is 23.2 Å². The van der Waals surface area contributed by atoms with Crippen LogP contribution in [0.15, 0.2) is 24.7 Å². The van der Waals surface area contributed by atoms with Gasteiger partial charge in [-0.05, 0) is 19.1 Å². The van der Waals surface area contributed by atoms with E-state index in [0.29, 0.717) is 5.69 Å². The van der Waals surface area contributed by atoms with Crippen molar-refractivity contribution in [2.75, 3.05) is 0 Å². The molecule has 0 bridgehead atoms. The molecule has 0 saturated carbocycles. The highest BCUT2D eigenvalue weighted by Gasteiger charge is 2.11. The van der Waals surface area contributed by atoms with Crippen molar-refractivity contribution in [2.45, 2.75) is 6.92 Å². The molecule has 0 fully saturated rings. The van der Waals surface area contributed by atoms with Gasteiger partial charge in [0.15, 0.2) is 0 Å². The lowest BCUT2D eigenvalue weighted by Crippen LogP contribution is -1.97. The summed E-state index contributed by atoms with van der Waals surface area (Å²) in [4.78, 5) is 3.95. The Balaban J connectivity index is 2.68. The molecule has 1 heterocycles. The van der Waals surface area contributed by atoms with Gasteiger partial charge >= 0.3 is 0 Å². The van der Waals surface area contributed by atoms with E-state index in [-0.39, 0.29) is 10.0 Å². The zero-order valence-corrected chi connectivity index (χ0v) is 9.35. The fourth-order valence-corrected chi connectivity index (χ4v) is 2.00. The molecule has 0 spiro atoms. The normalized spacial score (nSPS) is 10.7. The van der Waals surface area contributed by atoms with E-state index in [4.69, 9.17) is 23.2 Å². The summed E-state index contributed by atoms with van der Waals surface area (Å²) in [6.45, 7) is 1.86. The lowest BCUT2D eigenvalue weighted by Gasteiger charge is -2.09. The summed E-state index contributed by atoms with van der Waals surface area (Å²) in [6.07, 6.45) is 3.26. The molecule has 0 aliphatic carbocycles. The van der Waals surface area contributed by atoms with Crippen LogP contribution >= 0.6 is 23.2 Å². The molecule has 1 aromatic carbocycles. The van der Waals surface area contributed by atoms with Crippen LogP contribution in [0, 0.1) is 12.7 Å². The Morgan fingerprint density at radius 1 is 1.27 bits per heavy atom. The molecule has 15 heavy (non-hydrogen) atoms. The summed E-state index contributed by atoms with van der Waals surface area (Å²) in [6, 6.07) is 2.45. The van der Waals surface area contributed by atoms with E-state index >= 15 is 0 Å². The fraction of sp³-hybridized carbons (Fsp3) is 0.100. The highest BCUT2D eigenvalue weighted by Crippen LogP contribution is 2.30.